The van der Waals surface area contributed by atoms with Gasteiger partial charge < -0.3 is 0 Å². The largest absolute Gasteiger partial charge is 0.270 e. The summed E-state index contributed by atoms with van der Waals surface area (Å²) < 4.78 is 26.3. The van der Waals surface area contributed by atoms with Crippen molar-refractivity contribution >= 4 is 10.0 Å². The molecule has 1 fully saturated rings. The predicted octanol–water partition coefficient (Wildman–Crippen LogP) is 2.77. The second-order valence-electron chi connectivity index (χ2n) is 4.92. The van der Waals surface area contributed by atoms with Crippen LogP contribution in [-0.2, 0) is 10.0 Å². The SMILES string of the molecule is CCCN(C#CC1CC1)S(=O)(=O)c1ccc(C)cc1. The third-order valence-corrected chi connectivity index (χ3v) is 4.73. The van der Waals surface area contributed by atoms with Gasteiger partial charge in [0.15, 0.2) is 0 Å². The van der Waals surface area contributed by atoms with E-state index in [1.54, 1.807) is 12.1 Å². The summed E-state index contributed by atoms with van der Waals surface area (Å²) >= 11 is 0. The zero-order chi connectivity index (χ0) is 13.9. The smallest absolute Gasteiger partial charge is 0.224 e. The van der Waals surface area contributed by atoms with Gasteiger partial charge in [0.1, 0.15) is 0 Å². The molecule has 3 nitrogen and oxygen atoms in total. The first-order valence-corrected chi connectivity index (χ1v) is 8.08. The Bertz CT molecular complexity index is 589. The third kappa shape index (κ3) is 3.51. The second-order valence-corrected chi connectivity index (χ2v) is 6.78. The fourth-order valence-corrected chi connectivity index (χ4v) is 3.00. The van der Waals surface area contributed by atoms with Crippen molar-refractivity contribution in [1.29, 1.82) is 0 Å². The molecule has 0 aliphatic heterocycles. The Balaban J connectivity index is 2.28. The lowest BCUT2D eigenvalue weighted by Gasteiger charge is -2.17. The highest BCUT2D eigenvalue weighted by Gasteiger charge is 2.23. The van der Waals surface area contributed by atoms with Crippen LogP contribution < -0.4 is 0 Å². The Morgan fingerprint density at radius 3 is 2.42 bits per heavy atom. The van der Waals surface area contributed by atoms with Crippen LogP contribution in [-0.4, -0.2) is 19.3 Å². The van der Waals surface area contributed by atoms with Crippen molar-refractivity contribution in [1.82, 2.24) is 4.31 Å². The first-order chi connectivity index (χ1) is 9.04. The predicted molar refractivity (Wildman–Crippen MR) is 75.9 cm³/mol. The molecule has 0 radical (unpaired) electrons. The Morgan fingerprint density at radius 1 is 1.26 bits per heavy atom. The van der Waals surface area contributed by atoms with Gasteiger partial charge in [0.2, 0.25) is 0 Å². The summed E-state index contributed by atoms with van der Waals surface area (Å²) in [6, 6.07) is 9.74. The van der Waals surface area contributed by atoms with Crippen LogP contribution in [0, 0.1) is 24.8 Å². The maximum atomic E-state index is 12.5. The van der Waals surface area contributed by atoms with Gasteiger partial charge in [0.05, 0.1) is 4.90 Å². The van der Waals surface area contributed by atoms with Crippen molar-refractivity contribution < 1.29 is 8.42 Å². The minimum atomic E-state index is -3.49. The third-order valence-electron chi connectivity index (χ3n) is 3.01. The van der Waals surface area contributed by atoms with Crippen molar-refractivity contribution in [2.45, 2.75) is 38.0 Å². The minimum absolute atomic E-state index is 0.316. The number of sulfonamides is 1. The van der Waals surface area contributed by atoms with Gasteiger partial charge in [-0.15, -0.1) is 0 Å². The van der Waals surface area contributed by atoms with Gasteiger partial charge in [-0.1, -0.05) is 30.5 Å². The Kier molecular flexibility index (Phi) is 4.16. The summed E-state index contributed by atoms with van der Waals surface area (Å²) in [4.78, 5) is 0.316. The molecule has 0 aromatic heterocycles. The molecular formula is C15H19NO2S. The maximum Gasteiger partial charge on any atom is 0.270 e. The molecule has 0 saturated heterocycles. The number of rotatable bonds is 4. The van der Waals surface area contributed by atoms with Gasteiger partial charge in [-0.3, -0.25) is 0 Å². The standard InChI is InChI=1S/C15H19NO2S/c1-3-11-16(12-10-14-6-7-14)19(17,18)15-8-4-13(2)5-9-15/h4-5,8-9,14H,3,6-7,11H2,1-2H3. The van der Waals surface area contributed by atoms with Crippen LogP contribution in [0.2, 0.25) is 0 Å². The highest BCUT2D eigenvalue weighted by Crippen LogP contribution is 2.27. The summed E-state index contributed by atoms with van der Waals surface area (Å²) in [6.07, 6.45) is 2.94. The molecule has 2 rings (SSSR count). The Morgan fingerprint density at radius 2 is 1.89 bits per heavy atom. The summed E-state index contributed by atoms with van der Waals surface area (Å²) in [5, 5.41) is 0. The number of hydrogen-bond donors (Lipinski definition) is 0. The van der Waals surface area contributed by atoms with E-state index in [4.69, 9.17) is 0 Å². The Labute approximate surface area is 115 Å². The quantitative estimate of drug-likeness (QED) is 0.627. The van der Waals surface area contributed by atoms with E-state index >= 15 is 0 Å². The zero-order valence-electron chi connectivity index (χ0n) is 11.4. The molecule has 4 heteroatoms. The molecular weight excluding hydrogens is 258 g/mol. The number of aryl methyl sites for hydroxylation is 1. The van der Waals surface area contributed by atoms with Crippen LogP contribution in [0.4, 0.5) is 0 Å². The lowest BCUT2D eigenvalue weighted by Crippen LogP contribution is -2.27. The summed E-state index contributed by atoms with van der Waals surface area (Å²) in [5.41, 5.74) is 1.05. The van der Waals surface area contributed by atoms with Crippen LogP contribution in [0.15, 0.2) is 29.2 Å². The van der Waals surface area contributed by atoms with Gasteiger partial charge in [0.25, 0.3) is 10.0 Å². The molecule has 0 unspecified atom stereocenters. The van der Waals surface area contributed by atoms with Crippen LogP contribution >= 0.6 is 0 Å². The van der Waals surface area contributed by atoms with E-state index < -0.39 is 10.0 Å². The van der Waals surface area contributed by atoms with Crippen LogP contribution in [0.25, 0.3) is 0 Å². The molecule has 1 saturated carbocycles. The summed E-state index contributed by atoms with van der Waals surface area (Å²) in [6.45, 7) is 4.33. The van der Waals surface area contributed by atoms with E-state index in [-0.39, 0.29) is 0 Å². The van der Waals surface area contributed by atoms with E-state index in [9.17, 15) is 8.42 Å². The van der Waals surface area contributed by atoms with Crippen molar-refractivity contribution in [2.75, 3.05) is 6.54 Å². The van der Waals surface area contributed by atoms with Crippen molar-refractivity contribution in [3.63, 3.8) is 0 Å². The average Bonchev–Trinajstić information content (AvgIpc) is 3.19. The molecule has 0 atom stereocenters. The monoisotopic (exact) mass is 277 g/mol. The number of nitrogens with zero attached hydrogens (tertiary/aromatic N) is 1. The topological polar surface area (TPSA) is 37.4 Å². The molecule has 0 bridgehead atoms. The van der Waals surface area contributed by atoms with Crippen molar-refractivity contribution in [2.24, 2.45) is 5.92 Å². The molecule has 0 heterocycles. The van der Waals surface area contributed by atoms with E-state index in [0.717, 1.165) is 24.8 Å². The van der Waals surface area contributed by atoms with Gasteiger partial charge in [0, 0.05) is 18.5 Å². The lowest BCUT2D eigenvalue weighted by molar-refractivity contribution is 0.508. The highest BCUT2D eigenvalue weighted by molar-refractivity contribution is 7.89. The van der Waals surface area contributed by atoms with Crippen LogP contribution in [0.5, 0.6) is 0 Å². The van der Waals surface area contributed by atoms with Gasteiger partial charge >= 0.3 is 0 Å². The highest BCUT2D eigenvalue weighted by atomic mass is 32.2. The first-order valence-electron chi connectivity index (χ1n) is 6.64. The zero-order valence-corrected chi connectivity index (χ0v) is 12.2. The summed E-state index contributed by atoms with van der Waals surface area (Å²) in [5.74, 6) is 3.42. The van der Waals surface area contributed by atoms with Gasteiger partial charge in [-0.25, -0.2) is 12.7 Å². The molecule has 1 aromatic carbocycles. The molecule has 0 spiro atoms. The fraction of sp³-hybridized carbons (Fsp3) is 0.467. The van der Waals surface area contributed by atoms with E-state index in [0.29, 0.717) is 17.4 Å². The van der Waals surface area contributed by atoms with E-state index in [2.05, 4.69) is 12.0 Å². The molecule has 19 heavy (non-hydrogen) atoms. The van der Waals surface area contributed by atoms with E-state index in [1.807, 2.05) is 26.0 Å². The molecule has 1 aromatic rings. The van der Waals surface area contributed by atoms with Crippen LogP contribution in [0.1, 0.15) is 31.7 Å². The lowest BCUT2D eigenvalue weighted by atomic mass is 10.2. The van der Waals surface area contributed by atoms with Crippen molar-refractivity contribution in [3.8, 4) is 12.0 Å². The normalized spacial score (nSPS) is 14.6. The average molecular weight is 277 g/mol. The molecule has 1 aliphatic rings. The molecule has 0 N–H and O–H groups in total. The summed E-state index contributed by atoms with van der Waals surface area (Å²) in [7, 11) is -3.49. The Hall–Kier alpha value is -1.47. The molecule has 0 amide bonds. The van der Waals surface area contributed by atoms with Gasteiger partial charge in [-0.2, -0.15) is 0 Å². The minimum Gasteiger partial charge on any atom is -0.224 e. The fourth-order valence-electron chi connectivity index (χ4n) is 1.67. The number of benzene rings is 1. The second kappa shape index (κ2) is 5.66. The van der Waals surface area contributed by atoms with Crippen molar-refractivity contribution in [3.05, 3.63) is 29.8 Å². The maximum absolute atomic E-state index is 12.5. The number of hydrogen-bond acceptors (Lipinski definition) is 2. The van der Waals surface area contributed by atoms with Gasteiger partial charge in [-0.05, 0) is 38.3 Å². The molecule has 1 aliphatic carbocycles. The molecule has 102 valence electrons. The van der Waals surface area contributed by atoms with E-state index in [1.165, 1.54) is 4.31 Å². The first kappa shape index (κ1) is 14.0. The van der Waals surface area contributed by atoms with Crippen LogP contribution in [0.3, 0.4) is 0 Å².